The van der Waals surface area contributed by atoms with Crippen molar-refractivity contribution in [2.45, 2.75) is 31.8 Å². The van der Waals surface area contributed by atoms with Crippen LogP contribution in [0.2, 0.25) is 0 Å². The van der Waals surface area contributed by atoms with Crippen molar-refractivity contribution >= 4 is 21.7 Å². The van der Waals surface area contributed by atoms with Crippen LogP contribution in [0.5, 0.6) is 5.75 Å². The highest BCUT2D eigenvalue weighted by molar-refractivity contribution is 5.90. The maximum atomic E-state index is 10.7. The van der Waals surface area contributed by atoms with Gasteiger partial charge in [-0.25, -0.2) is 0 Å². The number of aromatic nitrogens is 3. The minimum Gasteiger partial charge on any atom is -0.490 e. The number of aryl methyl sites for hydroxylation is 1. The van der Waals surface area contributed by atoms with Gasteiger partial charge in [0.1, 0.15) is 24.2 Å². The quantitative estimate of drug-likeness (QED) is 0.327. The van der Waals surface area contributed by atoms with E-state index in [4.69, 9.17) is 9.15 Å². The molecule has 1 aliphatic heterocycles. The SMILES string of the molecule is Cc1nnc(-c2cc3c(OC[C@@H](O)CN4CCC(c5ccc6ccccc6c5)CC4)cccc3[nH]2)o1. The van der Waals surface area contributed by atoms with Crippen molar-refractivity contribution in [2.75, 3.05) is 26.2 Å². The average Bonchev–Trinajstić information content (AvgIpc) is 3.54. The molecule has 1 aliphatic rings. The van der Waals surface area contributed by atoms with Gasteiger partial charge < -0.3 is 24.1 Å². The molecule has 7 nitrogen and oxygen atoms in total. The number of rotatable bonds is 7. The molecule has 0 aliphatic carbocycles. The Balaban J connectivity index is 1.04. The molecule has 0 bridgehead atoms. The number of likely N-dealkylation sites (tertiary alicyclic amines) is 1. The highest BCUT2D eigenvalue weighted by Crippen LogP contribution is 2.32. The van der Waals surface area contributed by atoms with Gasteiger partial charge >= 0.3 is 0 Å². The molecule has 5 aromatic rings. The van der Waals surface area contributed by atoms with Crippen LogP contribution < -0.4 is 4.74 Å². The van der Waals surface area contributed by atoms with Crippen LogP contribution in [0.15, 0.2) is 71.1 Å². The van der Waals surface area contributed by atoms with Crippen molar-refractivity contribution in [3.63, 3.8) is 0 Å². The molecule has 3 aromatic carbocycles. The lowest BCUT2D eigenvalue weighted by Gasteiger charge is -2.33. The molecule has 2 N–H and O–H groups in total. The minimum absolute atomic E-state index is 0.240. The first-order valence-corrected chi connectivity index (χ1v) is 12.6. The number of aliphatic hydroxyl groups is 1. The number of nitrogens with zero attached hydrogens (tertiary/aromatic N) is 3. The topological polar surface area (TPSA) is 87.4 Å². The van der Waals surface area contributed by atoms with E-state index in [9.17, 15) is 5.11 Å². The number of hydrogen-bond acceptors (Lipinski definition) is 6. The molecular weight excluding hydrogens is 452 g/mol. The van der Waals surface area contributed by atoms with Crippen molar-refractivity contribution in [2.24, 2.45) is 0 Å². The molecule has 1 atom stereocenters. The molecule has 1 fully saturated rings. The number of aromatic amines is 1. The Morgan fingerprint density at radius 2 is 1.86 bits per heavy atom. The van der Waals surface area contributed by atoms with E-state index in [2.05, 4.69) is 62.5 Å². The summed E-state index contributed by atoms with van der Waals surface area (Å²) >= 11 is 0. The zero-order valence-corrected chi connectivity index (χ0v) is 20.4. The lowest BCUT2D eigenvalue weighted by molar-refractivity contribution is 0.0599. The van der Waals surface area contributed by atoms with Crippen LogP contribution in [0, 0.1) is 6.92 Å². The van der Waals surface area contributed by atoms with Crippen LogP contribution in [-0.2, 0) is 0 Å². The summed E-state index contributed by atoms with van der Waals surface area (Å²) in [6, 6.07) is 23.2. The second-order valence-corrected chi connectivity index (χ2v) is 9.67. The number of hydrogen-bond donors (Lipinski definition) is 2. The first-order chi connectivity index (χ1) is 17.6. The maximum absolute atomic E-state index is 10.7. The number of piperidine rings is 1. The predicted octanol–water partition coefficient (Wildman–Crippen LogP) is 5.30. The summed E-state index contributed by atoms with van der Waals surface area (Å²) in [5, 5.41) is 22.2. The Bertz CT molecular complexity index is 1480. The second kappa shape index (κ2) is 9.76. The van der Waals surface area contributed by atoms with Crippen molar-refractivity contribution in [3.8, 4) is 17.3 Å². The lowest BCUT2D eigenvalue weighted by atomic mass is 9.88. The van der Waals surface area contributed by atoms with E-state index in [1.54, 1.807) is 6.92 Å². The first-order valence-electron chi connectivity index (χ1n) is 12.6. The molecule has 36 heavy (non-hydrogen) atoms. The molecule has 1 saturated heterocycles. The number of β-amino-alcohol motifs (C(OH)–C–C–N with tert-alkyl or cyclic N) is 1. The Hall–Kier alpha value is -3.68. The van der Waals surface area contributed by atoms with Gasteiger partial charge in [0.25, 0.3) is 5.89 Å². The first kappa shape index (κ1) is 22.8. The Labute approximate surface area is 209 Å². The highest BCUT2D eigenvalue weighted by Gasteiger charge is 2.23. The van der Waals surface area contributed by atoms with Crippen molar-refractivity contribution in [1.82, 2.24) is 20.1 Å². The highest BCUT2D eigenvalue weighted by atomic mass is 16.5. The number of nitrogens with one attached hydrogen (secondary N) is 1. The third-order valence-corrected chi connectivity index (χ3v) is 7.11. The van der Waals surface area contributed by atoms with E-state index in [0.29, 0.717) is 24.2 Å². The number of benzene rings is 3. The molecule has 184 valence electrons. The van der Waals surface area contributed by atoms with E-state index in [0.717, 1.165) is 48.3 Å². The Kier molecular flexibility index (Phi) is 6.17. The number of H-pyrrole nitrogens is 1. The van der Waals surface area contributed by atoms with E-state index < -0.39 is 6.10 Å². The number of fused-ring (bicyclic) bond motifs is 2. The van der Waals surface area contributed by atoms with Crippen LogP contribution in [0.3, 0.4) is 0 Å². The smallest absolute Gasteiger partial charge is 0.264 e. The van der Waals surface area contributed by atoms with E-state index in [-0.39, 0.29) is 6.61 Å². The second-order valence-electron chi connectivity index (χ2n) is 9.67. The van der Waals surface area contributed by atoms with Crippen LogP contribution in [-0.4, -0.2) is 57.5 Å². The normalized spacial score (nSPS) is 16.1. The molecule has 0 unspecified atom stereocenters. The largest absolute Gasteiger partial charge is 0.490 e. The molecule has 0 spiro atoms. The molecule has 0 amide bonds. The molecule has 2 aromatic heterocycles. The lowest BCUT2D eigenvalue weighted by Crippen LogP contribution is -2.40. The summed E-state index contributed by atoms with van der Waals surface area (Å²) in [5.41, 5.74) is 3.09. The summed E-state index contributed by atoms with van der Waals surface area (Å²) in [5.74, 6) is 2.26. The van der Waals surface area contributed by atoms with Gasteiger partial charge in [-0.3, -0.25) is 0 Å². The standard InChI is InChI=1S/C29H30N4O3/c1-19-31-32-29(36-19)27-16-25-26(30-27)7-4-8-28(25)35-18-24(34)17-33-13-11-21(12-14-33)23-10-9-20-5-2-3-6-22(20)15-23/h2-10,15-16,21,24,30,34H,11-14,17-18H2,1H3/t24-/m0/s1. The Morgan fingerprint density at radius 3 is 2.67 bits per heavy atom. The van der Waals surface area contributed by atoms with Crippen LogP contribution in [0.1, 0.15) is 30.2 Å². The zero-order chi connectivity index (χ0) is 24.5. The van der Waals surface area contributed by atoms with Crippen molar-refractivity contribution < 1.29 is 14.3 Å². The van der Waals surface area contributed by atoms with Crippen molar-refractivity contribution in [3.05, 3.63) is 78.2 Å². The molecule has 3 heterocycles. The van der Waals surface area contributed by atoms with Gasteiger partial charge in [-0.05, 0) is 66.4 Å². The third-order valence-electron chi connectivity index (χ3n) is 7.11. The van der Waals surface area contributed by atoms with E-state index >= 15 is 0 Å². The Morgan fingerprint density at radius 1 is 1.03 bits per heavy atom. The van der Waals surface area contributed by atoms with Gasteiger partial charge in [0.05, 0.1) is 0 Å². The average molecular weight is 483 g/mol. The molecule has 6 rings (SSSR count). The van der Waals surface area contributed by atoms with Gasteiger partial charge in [0.15, 0.2) is 0 Å². The third kappa shape index (κ3) is 4.72. The zero-order valence-electron chi connectivity index (χ0n) is 20.4. The fourth-order valence-corrected chi connectivity index (χ4v) is 5.22. The molecule has 0 radical (unpaired) electrons. The fraction of sp³-hybridized carbons (Fsp3) is 0.310. The summed E-state index contributed by atoms with van der Waals surface area (Å²) in [6.07, 6.45) is 1.65. The van der Waals surface area contributed by atoms with Gasteiger partial charge in [0, 0.05) is 24.4 Å². The summed E-state index contributed by atoms with van der Waals surface area (Å²) in [4.78, 5) is 5.64. The molecule has 7 heteroatoms. The van der Waals surface area contributed by atoms with E-state index in [1.807, 2.05) is 24.3 Å². The van der Waals surface area contributed by atoms with Gasteiger partial charge in [0.2, 0.25) is 5.89 Å². The molecular formula is C29H30N4O3. The molecule has 0 saturated carbocycles. The van der Waals surface area contributed by atoms with Crippen LogP contribution in [0.4, 0.5) is 0 Å². The maximum Gasteiger partial charge on any atom is 0.264 e. The summed E-state index contributed by atoms with van der Waals surface area (Å²) < 4.78 is 11.6. The van der Waals surface area contributed by atoms with Crippen molar-refractivity contribution in [1.29, 1.82) is 0 Å². The predicted molar refractivity (Wildman–Crippen MR) is 140 cm³/mol. The van der Waals surface area contributed by atoms with Gasteiger partial charge in [-0.1, -0.05) is 48.5 Å². The minimum atomic E-state index is -0.561. The van der Waals surface area contributed by atoms with Crippen LogP contribution in [0.25, 0.3) is 33.3 Å². The summed E-state index contributed by atoms with van der Waals surface area (Å²) in [6.45, 7) is 4.58. The monoisotopic (exact) mass is 482 g/mol. The number of aliphatic hydroxyl groups excluding tert-OH is 1. The van der Waals surface area contributed by atoms with Gasteiger partial charge in [-0.2, -0.15) is 0 Å². The van der Waals surface area contributed by atoms with E-state index in [1.165, 1.54) is 16.3 Å². The van der Waals surface area contributed by atoms with Gasteiger partial charge in [-0.15, -0.1) is 10.2 Å². The number of ether oxygens (including phenoxy) is 1. The fourth-order valence-electron chi connectivity index (χ4n) is 5.22. The van der Waals surface area contributed by atoms with Crippen LogP contribution >= 0.6 is 0 Å². The summed E-state index contributed by atoms with van der Waals surface area (Å²) in [7, 11) is 0.